The second-order valence-corrected chi connectivity index (χ2v) is 5.85. The normalized spacial score (nSPS) is 34.5. The Morgan fingerprint density at radius 1 is 1.11 bits per heavy atom. The zero-order chi connectivity index (χ0) is 13.5. The molecule has 0 radical (unpaired) electrons. The second kappa shape index (κ2) is 4.84. The van der Waals surface area contributed by atoms with Crippen molar-refractivity contribution in [3.63, 3.8) is 0 Å². The van der Waals surface area contributed by atoms with Gasteiger partial charge in [0.05, 0.1) is 5.60 Å². The SMILES string of the molecule is OC1(c2ccc(C(F)F)cc2)CC2CCCC(C1)N2. The van der Waals surface area contributed by atoms with Crippen molar-refractivity contribution in [2.75, 3.05) is 0 Å². The molecule has 4 heteroatoms. The molecule has 2 heterocycles. The van der Waals surface area contributed by atoms with E-state index in [1.165, 1.54) is 18.6 Å². The first-order valence-corrected chi connectivity index (χ1v) is 6.94. The lowest BCUT2D eigenvalue weighted by Crippen LogP contribution is -2.54. The molecule has 2 fully saturated rings. The summed E-state index contributed by atoms with van der Waals surface area (Å²) in [7, 11) is 0. The first-order valence-electron chi connectivity index (χ1n) is 6.94. The highest BCUT2D eigenvalue weighted by Crippen LogP contribution is 2.39. The van der Waals surface area contributed by atoms with Crippen molar-refractivity contribution in [3.8, 4) is 0 Å². The molecule has 3 rings (SSSR count). The van der Waals surface area contributed by atoms with Crippen molar-refractivity contribution in [1.82, 2.24) is 5.32 Å². The van der Waals surface area contributed by atoms with Gasteiger partial charge in [-0.3, -0.25) is 0 Å². The summed E-state index contributed by atoms with van der Waals surface area (Å²) in [6.07, 6.45) is 2.30. The van der Waals surface area contributed by atoms with Crippen LogP contribution >= 0.6 is 0 Å². The van der Waals surface area contributed by atoms with Gasteiger partial charge < -0.3 is 10.4 Å². The molecule has 0 aliphatic carbocycles. The van der Waals surface area contributed by atoms with Crippen molar-refractivity contribution in [2.45, 2.75) is 56.2 Å². The number of halogens is 2. The summed E-state index contributed by atoms with van der Waals surface area (Å²) in [6, 6.07) is 6.87. The Balaban J connectivity index is 1.83. The first-order chi connectivity index (χ1) is 9.07. The Kier molecular flexibility index (Phi) is 3.31. The van der Waals surface area contributed by atoms with Crippen LogP contribution in [-0.4, -0.2) is 17.2 Å². The third-order valence-corrected chi connectivity index (χ3v) is 4.44. The van der Waals surface area contributed by atoms with Crippen LogP contribution in [0.25, 0.3) is 0 Å². The number of hydrogen-bond donors (Lipinski definition) is 2. The minimum absolute atomic E-state index is 0.0153. The Morgan fingerprint density at radius 2 is 1.68 bits per heavy atom. The van der Waals surface area contributed by atoms with Crippen LogP contribution in [-0.2, 0) is 5.60 Å². The zero-order valence-electron chi connectivity index (χ0n) is 10.8. The van der Waals surface area contributed by atoms with Gasteiger partial charge in [-0.05, 0) is 31.2 Å². The minimum atomic E-state index is -2.45. The molecule has 0 aromatic heterocycles. The number of aliphatic hydroxyl groups is 1. The van der Waals surface area contributed by atoms with Crippen molar-refractivity contribution < 1.29 is 13.9 Å². The molecule has 2 nitrogen and oxygen atoms in total. The van der Waals surface area contributed by atoms with Crippen molar-refractivity contribution in [1.29, 1.82) is 0 Å². The highest BCUT2D eigenvalue weighted by molar-refractivity contribution is 5.29. The largest absolute Gasteiger partial charge is 0.385 e. The van der Waals surface area contributed by atoms with Crippen LogP contribution in [0.3, 0.4) is 0 Å². The first kappa shape index (κ1) is 13.0. The Morgan fingerprint density at radius 3 is 2.21 bits per heavy atom. The van der Waals surface area contributed by atoms with Crippen molar-refractivity contribution in [2.24, 2.45) is 0 Å². The molecule has 2 atom stereocenters. The molecule has 2 aliphatic rings. The monoisotopic (exact) mass is 267 g/mol. The highest BCUT2D eigenvalue weighted by Gasteiger charge is 2.41. The van der Waals surface area contributed by atoms with Crippen molar-refractivity contribution in [3.05, 3.63) is 35.4 Å². The van der Waals surface area contributed by atoms with E-state index in [1.54, 1.807) is 12.1 Å². The quantitative estimate of drug-likeness (QED) is 0.863. The van der Waals surface area contributed by atoms with Gasteiger partial charge in [0.15, 0.2) is 0 Å². The van der Waals surface area contributed by atoms with E-state index in [4.69, 9.17) is 0 Å². The molecule has 2 bridgehead atoms. The molecule has 2 N–H and O–H groups in total. The van der Waals surface area contributed by atoms with Gasteiger partial charge in [0, 0.05) is 17.6 Å². The molecule has 1 aromatic rings. The number of fused-ring (bicyclic) bond motifs is 2. The third-order valence-electron chi connectivity index (χ3n) is 4.44. The molecule has 1 aromatic carbocycles. The Bertz CT molecular complexity index is 434. The average Bonchev–Trinajstić information content (AvgIpc) is 2.38. The second-order valence-electron chi connectivity index (χ2n) is 5.85. The van der Waals surface area contributed by atoms with Crippen LogP contribution in [0.4, 0.5) is 8.78 Å². The third kappa shape index (κ3) is 2.51. The maximum absolute atomic E-state index is 12.6. The lowest BCUT2D eigenvalue weighted by atomic mass is 9.74. The number of alkyl halides is 2. The van der Waals surface area contributed by atoms with Crippen LogP contribution in [0.5, 0.6) is 0 Å². The molecule has 104 valence electrons. The molecule has 0 saturated carbocycles. The minimum Gasteiger partial charge on any atom is -0.385 e. The lowest BCUT2D eigenvalue weighted by molar-refractivity contribution is -0.0359. The van der Waals surface area contributed by atoms with E-state index in [0.29, 0.717) is 24.9 Å². The van der Waals surface area contributed by atoms with Gasteiger partial charge in [-0.1, -0.05) is 30.7 Å². The molecular formula is C15H19F2NO. The number of rotatable bonds is 2. The van der Waals surface area contributed by atoms with E-state index < -0.39 is 12.0 Å². The van der Waals surface area contributed by atoms with E-state index >= 15 is 0 Å². The van der Waals surface area contributed by atoms with E-state index in [-0.39, 0.29) is 5.56 Å². The van der Waals surface area contributed by atoms with Crippen LogP contribution in [0.15, 0.2) is 24.3 Å². The molecule has 2 unspecified atom stereocenters. The summed E-state index contributed by atoms with van der Waals surface area (Å²) in [4.78, 5) is 0. The standard InChI is InChI=1S/C15H19F2NO/c16-14(17)10-4-6-11(7-5-10)15(19)8-12-2-1-3-13(9-15)18-12/h4-7,12-14,18-19H,1-3,8-9H2. The summed E-state index contributed by atoms with van der Waals surface area (Å²) in [5.41, 5.74) is -0.0708. The van der Waals surface area contributed by atoms with Crippen molar-refractivity contribution >= 4 is 0 Å². The van der Waals surface area contributed by atoms with Gasteiger partial charge in [0.2, 0.25) is 0 Å². The number of nitrogens with one attached hydrogen (secondary N) is 1. The van der Waals surface area contributed by atoms with Gasteiger partial charge in [-0.25, -0.2) is 8.78 Å². The zero-order valence-corrected chi connectivity index (χ0v) is 10.8. The number of piperidine rings is 2. The fourth-order valence-electron chi connectivity index (χ4n) is 3.51. The van der Waals surface area contributed by atoms with Crippen LogP contribution in [0, 0.1) is 0 Å². The predicted octanol–water partition coefficient (Wildman–Crippen LogP) is 3.12. The lowest BCUT2D eigenvalue weighted by Gasteiger charge is -2.45. The predicted molar refractivity (Wildman–Crippen MR) is 69.1 cm³/mol. The van der Waals surface area contributed by atoms with Crippen LogP contribution in [0.2, 0.25) is 0 Å². The topological polar surface area (TPSA) is 32.3 Å². The average molecular weight is 267 g/mol. The number of benzene rings is 1. The van der Waals surface area contributed by atoms with E-state index in [2.05, 4.69) is 5.32 Å². The molecular weight excluding hydrogens is 248 g/mol. The maximum Gasteiger partial charge on any atom is 0.263 e. The summed E-state index contributed by atoms with van der Waals surface area (Å²) < 4.78 is 25.1. The van der Waals surface area contributed by atoms with E-state index in [9.17, 15) is 13.9 Å². The molecule has 0 amide bonds. The Hall–Kier alpha value is -1.00. The fourth-order valence-corrected chi connectivity index (χ4v) is 3.51. The maximum atomic E-state index is 12.6. The van der Waals surface area contributed by atoms with Gasteiger partial charge >= 0.3 is 0 Å². The number of hydrogen-bond acceptors (Lipinski definition) is 2. The summed E-state index contributed by atoms with van der Waals surface area (Å²) in [6.45, 7) is 0. The van der Waals surface area contributed by atoms with Crippen LogP contribution < -0.4 is 5.32 Å². The van der Waals surface area contributed by atoms with Gasteiger partial charge in [0.1, 0.15) is 0 Å². The van der Waals surface area contributed by atoms with Gasteiger partial charge in [-0.15, -0.1) is 0 Å². The Labute approximate surface area is 111 Å². The van der Waals surface area contributed by atoms with E-state index in [1.807, 2.05) is 0 Å². The fraction of sp³-hybridized carbons (Fsp3) is 0.600. The van der Waals surface area contributed by atoms with E-state index in [0.717, 1.165) is 18.4 Å². The van der Waals surface area contributed by atoms with Gasteiger partial charge in [-0.2, -0.15) is 0 Å². The molecule has 0 spiro atoms. The van der Waals surface area contributed by atoms with Crippen LogP contribution in [0.1, 0.15) is 49.7 Å². The smallest absolute Gasteiger partial charge is 0.263 e. The highest BCUT2D eigenvalue weighted by atomic mass is 19.3. The molecule has 2 aliphatic heterocycles. The summed E-state index contributed by atoms with van der Waals surface area (Å²) in [5, 5.41) is 14.4. The van der Waals surface area contributed by atoms with Gasteiger partial charge in [0.25, 0.3) is 6.43 Å². The molecule has 2 saturated heterocycles. The summed E-state index contributed by atoms with van der Waals surface area (Å²) >= 11 is 0. The molecule has 19 heavy (non-hydrogen) atoms. The summed E-state index contributed by atoms with van der Waals surface area (Å²) in [5.74, 6) is 0.